The molecule has 196 valence electrons. The Kier molecular flexibility index (Phi) is 8.68. The number of ether oxygens (including phenoxy) is 2. The van der Waals surface area contributed by atoms with Crippen LogP contribution < -0.4 is 19.1 Å². The topological polar surface area (TPSA) is 88.2 Å². The summed E-state index contributed by atoms with van der Waals surface area (Å²) in [5.41, 5.74) is 1.86. The number of anilines is 1. The van der Waals surface area contributed by atoms with Crippen molar-refractivity contribution >= 4 is 21.6 Å². The lowest BCUT2D eigenvalue weighted by Gasteiger charge is -2.38. The van der Waals surface area contributed by atoms with E-state index in [2.05, 4.69) is 9.62 Å². The lowest BCUT2D eigenvalue weighted by molar-refractivity contribution is -0.133. The molecule has 8 nitrogen and oxygen atoms in total. The number of amides is 1. The first-order chi connectivity index (χ1) is 17.9. The van der Waals surface area contributed by atoms with Crippen molar-refractivity contribution in [3.05, 3.63) is 84.4 Å². The molecule has 1 N–H and O–H groups in total. The van der Waals surface area contributed by atoms with Gasteiger partial charge in [-0.2, -0.15) is 4.72 Å². The number of nitrogens with one attached hydrogen (secondary N) is 1. The molecule has 1 fully saturated rings. The summed E-state index contributed by atoms with van der Waals surface area (Å²) in [6, 6.07) is 22.5. The molecule has 1 aliphatic rings. The Hall–Kier alpha value is -3.56. The number of methoxy groups -OCH3 is 1. The molecule has 3 aromatic carbocycles. The molecule has 3 aromatic rings. The minimum absolute atomic E-state index is 0.0859. The molecule has 0 aliphatic carbocycles. The van der Waals surface area contributed by atoms with Crippen LogP contribution in [0.2, 0.25) is 0 Å². The molecule has 37 heavy (non-hydrogen) atoms. The highest BCUT2D eigenvalue weighted by Gasteiger charge is 2.32. The van der Waals surface area contributed by atoms with E-state index in [-0.39, 0.29) is 17.2 Å². The van der Waals surface area contributed by atoms with Gasteiger partial charge in [0, 0.05) is 26.2 Å². The van der Waals surface area contributed by atoms with Crippen LogP contribution in [0.5, 0.6) is 11.5 Å². The fourth-order valence-electron chi connectivity index (χ4n) is 4.45. The number of benzene rings is 3. The maximum Gasteiger partial charge on any atom is 0.241 e. The maximum atomic E-state index is 13.7. The minimum Gasteiger partial charge on any atom is -0.495 e. The predicted molar refractivity (Wildman–Crippen MR) is 144 cm³/mol. The normalized spacial score (nSPS) is 14.8. The second-order valence-electron chi connectivity index (χ2n) is 8.75. The average molecular weight is 524 g/mol. The smallest absolute Gasteiger partial charge is 0.241 e. The summed E-state index contributed by atoms with van der Waals surface area (Å²) in [5.74, 6) is 1.14. The van der Waals surface area contributed by atoms with Gasteiger partial charge >= 0.3 is 0 Å². The molecule has 1 heterocycles. The third-order valence-corrected chi connectivity index (χ3v) is 7.83. The molecular weight excluding hydrogens is 490 g/mol. The second kappa shape index (κ2) is 12.1. The van der Waals surface area contributed by atoms with E-state index in [1.54, 1.807) is 24.1 Å². The third-order valence-electron chi connectivity index (χ3n) is 6.34. The van der Waals surface area contributed by atoms with Crippen molar-refractivity contribution < 1.29 is 22.7 Å². The summed E-state index contributed by atoms with van der Waals surface area (Å²) < 4.78 is 40.1. The molecule has 1 amide bonds. The zero-order valence-corrected chi connectivity index (χ0v) is 22.0. The molecule has 0 aromatic heterocycles. The molecule has 1 aliphatic heterocycles. The van der Waals surface area contributed by atoms with E-state index in [4.69, 9.17) is 9.47 Å². The Morgan fingerprint density at radius 1 is 0.919 bits per heavy atom. The van der Waals surface area contributed by atoms with Crippen molar-refractivity contribution in [3.8, 4) is 11.5 Å². The molecule has 1 saturated heterocycles. The van der Waals surface area contributed by atoms with Gasteiger partial charge in [-0.25, -0.2) is 8.42 Å². The Labute approximate surface area is 218 Å². The first-order valence-corrected chi connectivity index (χ1v) is 13.9. The molecular formula is C28H33N3O5S. The first-order valence-electron chi connectivity index (χ1n) is 12.4. The van der Waals surface area contributed by atoms with Gasteiger partial charge < -0.3 is 19.3 Å². The van der Waals surface area contributed by atoms with Crippen LogP contribution in [0.25, 0.3) is 0 Å². The lowest BCUT2D eigenvalue weighted by atomic mass is 10.1. The predicted octanol–water partition coefficient (Wildman–Crippen LogP) is 3.33. The summed E-state index contributed by atoms with van der Waals surface area (Å²) in [5, 5.41) is 0. The number of carbonyl (C=O) groups excluding carboxylic acids is 1. The second-order valence-corrected chi connectivity index (χ2v) is 10.5. The fourth-order valence-corrected chi connectivity index (χ4v) is 5.63. The molecule has 0 bridgehead atoms. The average Bonchev–Trinajstić information content (AvgIpc) is 2.93. The van der Waals surface area contributed by atoms with Crippen molar-refractivity contribution in [2.24, 2.45) is 0 Å². The Morgan fingerprint density at radius 2 is 1.57 bits per heavy atom. The van der Waals surface area contributed by atoms with Crippen LogP contribution in [0.3, 0.4) is 0 Å². The zero-order chi connectivity index (χ0) is 26.3. The summed E-state index contributed by atoms with van der Waals surface area (Å²) in [6.07, 6.45) is 0.253. The quantitative estimate of drug-likeness (QED) is 0.439. The summed E-state index contributed by atoms with van der Waals surface area (Å²) in [7, 11) is -2.30. The molecule has 1 atom stereocenters. The van der Waals surface area contributed by atoms with Crippen molar-refractivity contribution in [2.75, 3.05) is 44.8 Å². The number of nitrogens with zero attached hydrogens (tertiary/aromatic N) is 2. The highest BCUT2D eigenvalue weighted by Crippen LogP contribution is 2.28. The largest absolute Gasteiger partial charge is 0.495 e. The SMILES string of the molecule is CCOc1ccc(S(=O)(=O)N[C@@H](Cc2ccccc2)C(=O)N2CCN(c3ccccc3OC)CC2)cc1. The van der Waals surface area contributed by atoms with Gasteiger partial charge in [-0.15, -0.1) is 0 Å². The van der Waals surface area contributed by atoms with Gasteiger partial charge in [0.15, 0.2) is 0 Å². The van der Waals surface area contributed by atoms with Crippen molar-refractivity contribution in [1.82, 2.24) is 9.62 Å². The van der Waals surface area contributed by atoms with Gasteiger partial charge in [0.05, 0.1) is 24.3 Å². The zero-order valence-electron chi connectivity index (χ0n) is 21.2. The number of hydrogen-bond acceptors (Lipinski definition) is 6. The van der Waals surface area contributed by atoms with Gasteiger partial charge in [0.2, 0.25) is 15.9 Å². The Bertz CT molecular complexity index is 1270. The summed E-state index contributed by atoms with van der Waals surface area (Å²) in [6.45, 7) is 4.55. The highest BCUT2D eigenvalue weighted by atomic mass is 32.2. The molecule has 9 heteroatoms. The number of para-hydroxylation sites is 2. The van der Waals surface area contributed by atoms with Crippen molar-refractivity contribution in [2.45, 2.75) is 24.3 Å². The van der Waals surface area contributed by atoms with E-state index in [1.807, 2.05) is 61.5 Å². The van der Waals surface area contributed by atoms with E-state index in [0.717, 1.165) is 17.0 Å². The molecule has 0 radical (unpaired) electrons. The first kappa shape index (κ1) is 26.5. The van der Waals surface area contributed by atoms with Gasteiger partial charge in [0.1, 0.15) is 17.5 Å². The lowest BCUT2D eigenvalue weighted by Crippen LogP contribution is -2.55. The number of rotatable bonds is 10. The number of piperazine rings is 1. The maximum absolute atomic E-state index is 13.7. The minimum atomic E-state index is -3.94. The number of hydrogen-bond donors (Lipinski definition) is 1. The molecule has 0 unspecified atom stereocenters. The van der Waals surface area contributed by atoms with Crippen LogP contribution in [0, 0.1) is 0 Å². The summed E-state index contributed by atoms with van der Waals surface area (Å²) in [4.78, 5) is 17.7. The Morgan fingerprint density at radius 3 is 2.22 bits per heavy atom. The van der Waals surface area contributed by atoms with E-state index in [9.17, 15) is 13.2 Å². The molecule has 0 spiro atoms. The van der Waals surface area contributed by atoms with Crippen LogP contribution in [-0.2, 0) is 21.2 Å². The van der Waals surface area contributed by atoms with Crippen molar-refractivity contribution in [3.63, 3.8) is 0 Å². The Balaban J connectivity index is 1.50. The van der Waals surface area contributed by atoms with Crippen molar-refractivity contribution in [1.29, 1.82) is 0 Å². The van der Waals surface area contributed by atoms with Gasteiger partial charge in [0.25, 0.3) is 0 Å². The molecule has 4 rings (SSSR count). The summed E-state index contributed by atoms with van der Waals surface area (Å²) >= 11 is 0. The van der Waals surface area contributed by atoms with Crippen LogP contribution in [0.1, 0.15) is 12.5 Å². The van der Waals surface area contributed by atoms with Gasteiger partial charge in [-0.3, -0.25) is 4.79 Å². The highest BCUT2D eigenvalue weighted by molar-refractivity contribution is 7.89. The number of carbonyl (C=O) groups is 1. The van der Waals surface area contributed by atoms with Crippen LogP contribution in [-0.4, -0.2) is 65.2 Å². The van der Waals surface area contributed by atoms with Crippen LogP contribution in [0.15, 0.2) is 83.8 Å². The van der Waals surface area contributed by atoms with E-state index in [1.165, 1.54) is 12.1 Å². The molecule has 0 saturated carbocycles. The van der Waals surface area contributed by atoms with Crippen LogP contribution in [0.4, 0.5) is 5.69 Å². The standard InChI is InChI=1S/C28H33N3O5S/c1-3-36-23-13-15-24(16-14-23)37(33,34)29-25(21-22-9-5-4-6-10-22)28(32)31-19-17-30(18-20-31)26-11-7-8-12-27(26)35-2/h4-16,25,29H,3,17-21H2,1-2H3/t25-/m0/s1. The number of sulfonamides is 1. The van der Waals surface area contributed by atoms with Gasteiger partial charge in [-0.1, -0.05) is 42.5 Å². The monoisotopic (exact) mass is 523 g/mol. The van der Waals surface area contributed by atoms with E-state index < -0.39 is 16.1 Å². The van der Waals surface area contributed by atoms with E-state index >= 15 is 0 Å². The van der Waals surface area contributed by atoms with E-state index in [0.29, 0.717) is 38.5 Å². The van der Waals surface area contributed by atoms with Gasteiger partial charge in [-0.05, 0) is 55.3 Å². The van der Waals surface area contributed by atoms with Crippen LogP contribution >= 0.6 is 0 Å². The third kappa shape index (κ3) is 6.61. The fraction of sp³-hybridized carbons (Fsp3) is 0.321.